The fraction of sp³-hybridized carbons (Fsp3) is 0.600. The van der Waals surface area contributed by atoms with E-state index in [1.54, 1.807) is 24.3 Å². The smallest absolute Gasteiger partial charge is 0.241 e. The number of hydrogen-bond acceptors (Lipinski definition) is 4. The molecule has 1 fully saturated rings. The zero-order valence-corrected chi connectivity index (χ0v) is 13.3. The van der Waals surface area contributed by atoms with Crippen LogP contribution in [0.25, 0.3) is 0 Å². The van der Waals surface area contributed by atoms with E-state index in [2.05, 4.69) is 4.72 Å². The quantitative estimate of drug-likeness (QED) is 0.720. The Bertz CT molecular complexity index is 545. The van der Waals surface area contributed by atoms with Gasteiger partial charge in [-0.05, 0) is 62.9 Å². The van der Waals surface area contributed by atoms with E-state index in [1.807, 2.05) is 6.92 Å². The van der Waals surface area contributed by atoms with Gasteiger partial charge in [0.15, 0.2) is 0 Å². The fourth-order valence-electron chi connectivity index (χ4n) is 2.46. The summed E-state index contributed by atoms with van der Waals surface area (Å²) in [4.78, 5) is 0.286. The second kappa shape index (κ2) is 6.77. The molecule has 0 aromatic heterocycles. The Morgan fingerprint density at radius 3 is 2.43 bits per heavy atom. The molecule has 0 saturated heterocycles. The van der Waals surface area contributed by atoms with Crippen molar-refractivity contribution < 1.29 is 13.2 Å². The zero-order chi connectivity index (χ0) is 15.3. The summed E-state index contributed by atoms with van der Waals surface area (Å²) in [5, 5.41) is 0. The van der Waals surface area contributed by atoms with Gasteiger partial charge in [-0.1, -0.05) is 6.92 Å². The van der Waals surface area contributed by atoms with Crippen LogP contribution in [0, 0.1) is 0 Å². The molecule has 5 nitrogen and oxygen atoms in total. The van der Waals surface area contributed by atoms with Gasteiger partial charge in [-0.2, -0.15) is 0 Å². The second-order valence-electron chi connectivity index (χ2n) is 5.56. The van der Waals surface area contributed by atoms with Crippen LogP contribution >= 0.6 is 0 Å². The summed E-state index contributed by atoms with van der Waals surface area (Å²) in [5.74, 6) is 0.663. The van der Waals surface area contributed by atoms with Gasteiger partial charge < -0.3 is 10.5 Å². The number of hydrogen-bond donors (Lipinski definition) is 2. The summed E-state index contributed by atoms with van der Waals surface area (Å²) in [6.45, 7) is 3.14. The summed E-state index contributed by atoms with van der Waals surface area (Å²) in [6.07, 6.45) is 4.53. The predicted octanol–water partition coefficient (Wildman–Crippen LogP) is 2.03. The molecular weight excluding hydrogens is 288 g/mol. The minimum Gasteiger partial charge on any atom is -0.494 e. The lowest BCUT2D eigenvalue weighted by molar-refractivity contribution is 0.214. The summed E-state index contributed by atoms with van der Waals surface area (Å²) in [6, 6.07) is 6.54. The van der Waals surface area contributed by atoms with E-state index < -0.39 is 10.0 Å². The highest BCUT2D eigenvalue weighted by Crippen LogP contribution is 2.36. The van der Waals surface area contributed by atoms with Crippen molar-refractivity contribution in [2.24, 2.45) is 5.73 Å². The molecule has 1 aromatic rings. The van der Waals surface area contributed by atoms with Gasteiger partial charge in [0.05, 0.1) is 11.5 Å². The second-order valence-corrected chi connectivity index (χ2v) is 7.24. The Balaban J connectivity index is 2.03. The monoisotopic (exact) mass is 312 g/mol. The molecule has 118 valence electrons. The number of nitrogens with two attached hydrogens (primary N) is 1. The Hall–Kier alpha value is -1.11. The van der Waals surface area contributed by atoms with E-state index in [1.165, 1.54) is 0 Å². The lowest BCUT2D eigenvalue weighted by atomic mass is 9.76. The average Bonchev–Trinajstić information content (AvgIpc) is 2.44. The lowest BCUT2D eigenvalue weighted by Crippen LogP contribution is -2.52. The fourth-order valence-corrected chi connectivity index (χ4v) is 3.99. The van der Waals surface area contributed by atoms with E-state index >= 15 is 0 Å². The minimum absolute atomic E-state index is 0.241. The van der Waals surface area contributed by atoms with Crippen molar-refractivity contribution >= 4 is 10.0 Å². The van der Waals surface area contributed by atoms with E-state index in [0.717, 1.165) is 32.1 Å². The molecule has 21 heavy (non-hydrogen) atoms. The highest BCUT2D eigenvalue weighted by atomic mass is 32.2. The van der Waals surface area contributed by atoms with Crippen molar-refractivity contribution in [3.05, 3.63) is 24.3 Å². The molecule has 0 spiro atoms. The van der Waals surface area contributed by atoms with Crippen LogP contribution in [0.15, 0.2) is 29.2 Å². The molecule has 0 amide bonds. The van der Waals surface area contributed by atoms with Crippen molar-refractivity contribution in [3.8, 4) is 5.75 Å². The van der Waals surface area contributed by atoms with Crippen LogP contribution in [0.2, 0.25) is 0 Å². The topological polar surface area (TPSA) is 81.4 Å². The summed E-state index contributed by atoms with van der Waals surface area (Å²) in [7, 11) is -3.46. The molecule has 0 aliphatic heterocycles. The SMILES string of the molecule is CCC1(NS(=O)(=O)c2ccc(OCCCN)cc2)CCC1. The predicted molar refractivity (Wildman–Crippen MR) is 82.8 cm³/mol. The zero-order valence-electron chi connectivity index (χ0n) is 12.5. The van der Waals surface area contributed by atoms with Gasteiger partial charge >= 0.3 is 0 Å². The maximum atomic E-state index is 12.4. The number of nitrogens with one attached hydrogen (secondary N) is 1. The molecule has 1 aliphatic rings. The first-order valence-electron chi connectivity index (χ1n) is 7.48. The summed E-state index contributed by atoms with van der Waals surface area (Å²) < 4.78 is 33.1. The molecular formula is C15H24N2O3S. The van der Waals surface area contributed by atoms with Crippen molar-refractivity contribution in [2.45, 2.75) is 49.5 Å². The van der Waals surface area contributed by atoms with Crippen molar-refractivity contribution in [2.75, 3.05) is 13.2 Å². The Morgan fingerprint density at radius 2 is 1.95 bits per heavy atom. The molecule has 0 bridgehead atoms. The van der Waals surface area contributed by atoms with Crippen LogP contribution in [0.4, 0.5) is 0 Å². The van der Waals surface area contributed by atoms with Crippen molar-refractivity contribution in [3.63, 3.8) is 0 Å². The third-order valence-electron chi connectivity index (χ3n) is 4.09. The van der Waals surface area contributed by atoms with Gasteiger partial charge in [0.25, 0.3) is 0 Å². The third-order valence-corrected chi connectivity index (χ3v) is 5.68. The first-order chi connectivity index (χ1) is 10.0. The number of benzene rings is 1. The van der Waals surface area contributed by atoms with Crippen LogP contribution in [0.1, 0.15) is 39.0 Å². The molecule has 0 unspecified atom stereocenters. The molecule has 0 radical (unpaired) electrons. The molecule has 0 atom stereocenters. The summed E-state index contributed by atoms with van der Waals surface area (Å²) >= 11 is 0. The van der Waals surface area contributed by atoms with Crippen LogP contribution in [0.5, 0.6) is 5.75 Å². The molecule has 1 aromatic carbocycles. The Labute approximate surface area is 126 Å². The molecule has 1 saturated carbocycles. The van der Waals surface area contributed by atoms with Gasteiger partial charge in [-0.15, -0.1) is 0 Å². The molecule has 1 aliphatic carbocycles. The first-order valence-corrected chi connectivity index (χ1v) is 8.96. The molecule has 0 heterocycles. The standard InChI is InChI=1S/C15H24N2O3S/c1-2-15(9-3-10-15)17-21(18,19)14-7-5-13(6-8-14)20-12-4-11-16/h5-8,17H,2-4,9-12,16H2,1H3. The Morgan fingerprint density at radius 1 is 1.29 bits per heavy atom. The Kier molecular flexibility index (Phi) is 5.24. The van der Waals surface area contributed by atoms with Crippen LogP contribution in [-0.2, 0) is 10.0 Å². The van der Waals surface area contributed by atoms with Crippen LogP contribution < -0.4 is 15.2 Å². The van der Waals surface area contributed by atoms with Gasteiger partial charge in [0.1, 0.15) is 5.75 Å². The number of ether oxygens (including phenoxy) is 1. The lowest BCUT2D eigenvalue weighted by Gasteiger charge is -2.41. The average molecular weight is 312 g/mol. The molecule has 6 heteroatoms. The molecule has 2 rings (SSSR count). The van der Waals surface area contributed by atoms with Gasteiger partial charge in [0.2, 0.25) is 10.0 Å². The van der Waals surface area contributed by atoms with Gasteiger partial charge in [-0.3, -0.25) is 0 Å². The largest absolute Gasteiger partial charge is 0.494 e. The first kappa shape index (κ1) is 16.3. The van der Waals surface area contributed by atoms with Crippen molar-refractivity contribution in [1.82, 2.24) is 4.72 Å². The van der Waals surface area contributed by atoms with E-state index in [9.17, 15) is 8.42 Å². The normalized spacial score (nSPS) is 17.2. The minimum atomic E-state index is -3.46. The number of rotatable bonds is 8. The van der Waals surface area contributed by atoms with Gasteiger partial charge in [0, 0.05) is 5.54 Å². The highest BCUT2D eigenvalue weighted by Gasteiger charge is 2.38. The molecule has 3 N–H and O–H groups in total. The highest BCUT2D eigenvalue weighted by molar-refractivity contribution is 7.89. The van der Waals surface area contributed by atoms with Crippen LogP contribution in [0.3, 0.4) is 0 Å². The van der Waals surface area contributed by atoms with Crippen molar-refractivity contribution in [1.29, 1.82) is 0 Å². The number of sulfonamides is 1. The van der Waals surface area contributed by atoms with Gasteiger partial charge in [-0.25, -0.2) is 13.1 Å². The van der Waals surface area contributed by atoms with E-state index in [-0.39, 0.29) is 10.4 Å². The van der Waals surface area contributed by atoms with E-state index in [4.69, 9.17) is 10.5 Å². The van der Waals surface area contributed by atoms with E-state index in [0.29, 0.717) is 18.9 Å². The maximum Gasteiger partial charge on any atom is 0.241 e. The third kappa shape index (κ3) is 3.96. The van der Waals surface area contributed by atoms with Crippen LogP contribution in [-0.4, -0.2) is 27.1 Å². The summed E-state index contributed by atoms with van der Waals surface area (Å²) in [5.41, 5.74) is 5.16. The maximum absolute atomic E-state index is 12.4.